The first-order valence-corrected chi connectivity index (χ1v) is 9.46. The smallest absolute Gasteiger partial charge is 0.221 e. The van der Waals surface area contributed by atoms with Gasteiger partial charge < -0.3 is 20.7 Å². The standard InChI is InChI=1S/C22H30N4O2/c1-16(19-8-10-21(28-4)11-9-19)12-13-24-22(23-3)25-15-18-6-5-7-20(14-18)26-17(2)27/h5-11,14,16H,12-13,15H2,1-4H3,(H,26,27)(H2,23,24,25). The van der Waals surface area contributed by atoms with E-state index in [-0.39, 0.29) is 5.91 Å². The van der Waals surface area contributed by atoms with Gasteiger partial charge in [0.05, 0.1) is 7.11 Å². The molecule has 2 aromatic rings. The van der Waals surface area contributed by atoms with Gasteiger partial charge in [0.2, 0.25) is 5.91 Å². The molecule has 6 nitrogen and oxygen atoms in total. The minimum Gasteiger partial charge on any atom is -0.497 e. The average Bonchev–Trinajstić information content (AvgIpc) is 2.70. The quantitative estimate of drug-likeness (QED) is 0.482. The van der Waals surface area contributed by atoms with Gasteiger partial charge in [-0.3, -0.25) is 9.79 Å². The van der Waals surface area contributed by atoms with Crippen LogP contribution in [0.1, 0.15) is 37.3 Å². The Bertz CT molecular complexity index is 787. The Morgan fingerprint density at radius 3 is 2.54 bits per heavy atom. The molecule has 0 spiro atoms. The van der Waals surface area contributed by atoms with Crippen LogP contribution in [0.4, 0.5) is 5.69 Å². The Kier molecular flexibility index (Phi) is 8.34. The summed E-state index contributed by atoms with van der Waals surface area (Å²) in [6.45, 7) is 5.16. The molecule has 1 amide bonds. The second-order valence-corrected chi connectivity index (χ2v) is 6.70. The third kappa shape index (κ3) is 6.95. The minimum atomic E-state index is -0.0754. The molecule has 0 heterocycles. The third-order valence-electron chi connectivity index (χ3n) is 4.49. The average molecular weight is 383 g/mol. The summed E-state index contributed by atoms with van der Waals surface area (Å²) < 4.78 is 5.21. The summed E-state index contributed by atoms with van der Waals surface area (Å²) in [5.41, 5.74) is 3.16. The predicted octanol–water partition coefficient (Wildman–Crippen LogP) is 3.51. The molecule has 2 rings (SSSR count). The first-order chi connectivity index (χ1) is 13.5. The van der Waals surface area contributed by atoms with E-state index in [4.69, 9.17) is 4.74 Å². The number of hydrogen-bond acceptors (Lipinski definition) is 3. The Morgan fingerprint density at radius 2 is 1.89 bits per heavy atom. The van der Waals surface area contributed by atoms with E-state index in [1.54, 1.807) is 14.2 Å². The van der Waals surface area contributed by atoms with Crippen LogP contribution in [-0.2, 0) is 11.3 Å². The Labute approximate surface area is 167 Å². The second kappa shape index (κ2) is 11.0. The molecule has 1 unspecified atom stereocenters. The fourth-order valence-electron chi connectivity index (χ4n) is 2.87. The molecule has 150 valence electrons. The molecular weight excluding hydrogens is 352 g/mol. The summed E-state index contributed by atoms with van der Waals surface area (Å²) in [7, 11) is 3.44. The van der Waals surface area contributed by atoms with Crippen molar-refractivity contribution in [2.45, 2.75) is 32.7 Å². The Hall–Kier alpha value is -3.02. The molecule has 0 aliphatic rings. The molecule has 3 N–H and O–H groups in total. The summed E-state index contributed by atoms with van der Waals surface area (Å²) in [6.07, 6.45) is 0.991. The molecule has 1 atom stereocenters. The van der Waals surface area contributed by atoms with Gasteiger partial charge in [-0.1, -0.05) is 31.2 Å². The van der Waals surface area contributed by atoms with Crippen molar-refractivity contribution >= 4 is 17.6 Å². The van der Waals surface area contributed by atoms with Crippen molar-refractivity contribution in [3.05, 3.63) is 59.7 Å². The van der Waals surface area contributed by atoms with Crippen molar-refractivity contribution in [2.75, 3.05) is 26.0 Å². The maximum Gasteiger partial charge on any atom is 0.221 e. The normalized spacial score (nSPS) is 12.2. The summed E-state index contributed by atoms with van der Waals surface area (Å²) in [5, 5.41) is 9.45. The molecule has 0 aliphatic carbocycles. The van der Waals surface area contributed by atoms with Crippen molar-refractivity contribution in [2.24, 2.45) is 4.99 Å². The van der Waals surface area contributed by atoms with E-state index in [0.717, 1.165) is 35.9 Å². The number of amides is 1. The van der Waals surface area contributed by atoms with E-state index in [2.05, 4.69) is 40.0 Å². The molecular formula is C22H30N4O2. The fourth-order valence-corrected chi connectivity index (χ4v) is 2.87. The molecule has 2 aromatic carbocycles. The second-order valence-electron chi connectivity index (χ2n) is 6.70. The molecule has 0 aromatic heterocycles. The molecule has 0 radical (unpaired) electrons. The van der Waals surface area contributed by atoms with Gasteiger partial charge in [0, 0.05) is 32.7 Å². The predicted molar refractivity (Wildman–Crippen MR) is 115 cm³/mol. The van der Waals surface area contributed by atoms with Gasteiger partial charge in [-0.2, -0.15) is 0 Å². The van der Waals surface area contributed by atoms with Crippen LogP contribution >= 0.6 is 0 Å². The third-order valence-corrected chi connectivity index (χ3v) is 4.49. The Morgan fingerprint density at radius 1 is 1.14 bits per heavy atom. The molecule has 6 heteroatoms. The summed E-state index contributed by atoms with van der Waals surface area (Å²) >= 11 is 0. The highest BCUT2D eigenvalue weighted by molar-refractivity contribution is 5.88. The largest absolute Gasteiger partial charge is 0.497 e. The molecule has 0 saturated carbocycles. The fraction of sp³-hybridized carbons (Fsp3) is 0.364. The van der Waals surface area contributed by atoms with E-state index in [1.807, 2.05) is 36.4 Å². The number of rotatable bonds is 8. The maximum absolute atomic E-state index is 11.2. The number of aliphatic imine (C=N–C) groups is 1. The molecule has 0 bridgehead atoms. The van der Waals surface area contributed by atoms with Crippen molar-refractivity contribution in [3.8, 4) is 5.75 Å². The highest BCUT2D eigenvalue weighted by Gasteiger charge is 2.07. The van der Waals surface area contributed by atoms with Crippen molar-refractivity contribution < 1.29 is 9.53 Å². The SMILES string of the molecule is CN=C(NCCC(C)c1ccc(OC)cc1)NCc1cccc(NC(C)=O)c1. The zero-order chi connectivity index (χ0) is 20.4. The number of guanidine groups is 1. The van der Waals surface area contributed by atoms with E-state index >= 15 is 0 Å². The lowest BCUT2D eigenvalue weighted by atomic mass is 9.98. The minimum absolute atomic E-state index is 0.0754. The number of carbonyl (C=O) groups excluding carboxylic acids is 1. The van der Waals surface area contributed by atoms with E-state index in [9.17, 15) is 4.79 Å². The van der Waals surface area contributed by atoms with Gasteiger partial charge in [-0.25, -0.2) is 0 Å². The number of nitrogens with one attached hydrogen (secondary N) is 3. The van der Waals surface area contributed by atoms with Gasteiger partial charge >= 0.3 is 0 Å². The monoisotopic (exact) mass is 382 g/mol. The zero-order valence-electron chi connectivity index (χ0n) is 17.1. The van der Waals surface area contributed by atoms with Crippen LogP contribution < -0.4 is 20.7 Å². The van der Waals surface area contributed by atoms with Gasteiger partial charge in [0.1, 0.15) is 5.75 Å². The number of nitrogens with zero attached hydrogens (tertiary/aromatic N) is 1. The van der Waals surface area contributed by atoms with Crippen molar-refractivity contribution in [1.29, 1.82) is 0 Å². The maximum atomic E-state index is 11.2. The number of ether oxygens (including phenoxy) is 1. The van der Waals surface area contributed by atoms with E-state index < -0.39 is 0 Å². The van der Waals surface area contributed by atoms with Crippen LogP contribution in [0.25, 0.3) is 0 Å². The van der Waals surface area contributed by atoms with Crippen LogP contribution in [0.5, 0.6) is 5.75 Å². The van der Waals surface area contributed by atoms with E-state index in [0.29, 0.717) is 12.5 Å². The van der Waals surface area contributed by atoms with Gasteiger partial charge in [-0.15, -0.1) is 0 Å². The van der Waals surface area contributed by atoms with Gasteiger partial charge in [-0.05, 0) is 47.7 Å². The van der Waals surface area contributed by atoms with Crippen molar-refractivity contribution in [1.82, 2.24) is 10.6 Å². The number of methoxy groups -OCH3 is 1. The first-order valence-electron chi connectivity index (χ1n) is 9.46. The molecule has 28 heavy (non-hydrogen) atoms. The van der Waals surface area contributed by atoms with Crippen LogP contribution in [0.2, 0.25) is 0 Å². The number of hydrogen-bond donors (Lipinski definition) is 3. The van der Waals surface area contributed by atoms with Crippen molar-refractivity contribution in [3.63, 3.8) is 0 Å². The molecule has 0 aliphatic heterocycles. The summed E-state index contributed by atoms with van der Waals surface area (Å²) in [4.78, 5) is 15.5. The zero-order valence-corrected chi connectivity index (χ0v) is 17.1. The van der Waals surface area contributed by atoms with Crippen LogP contribution in [0.15, 0.2) is 53.5 Å². The van der Waals surface area contributed by atoms with Gasteiger partial charge in [0.25, 0.3) is 0 Å². The lowest BCUT2D eigenvalue weighted by Crippen LogP contribution is -2.37. The molecule has 0 fully saturated rings. The van der Waals surface area contributed by atoms with Crippen LogP contribution in [0.3, 0.4) is 0 Å². The summed E-state index contributed by atoms with van der Waals surface area (Å²) in [5.74, 6) is 1.99. The summed E-state index contributed by atoms with van der Waals surface area (Å²) in [6, 6.07) is 16.0. The van der Waals surface area contributed by atoms with Gasteiger partial charge in [0.15, 0.2) is 5.96 Å². The van der Waals surface area contributed by atoms with Crippen LogP contribution in [0, 0.1) is 0 Å². The lowest BCUT2D eigenvalue weighted by molar-refractivity contribution is -0.114. The van der Waals surface area contributed by atoms with E-state index in [1.165, 1.54) is 12.5 Å². The molecule has 0 saturated heterocycles. The Balaban J connectivity index is 1.78. The number of carbonyl (C=O) groups is 1. The highest BCUT2D eigenvalue weighted by Crippen LogP contribution is 2.21. The van der Waals surface area contributed by atoms with Crippen LogP contribution in [-0.4, -0.2) is 32.6 Å². The first kappa shape index (κ1) is 21.3. The lowest BCUT2D eigenvalue weighted by Gasteiger charge is -2.16. The topological polar surface area (TPSA) is 74.8 Å². The highest BCUT2D eigenvalue weighted by atomic mass is 16.5. The number of benzene rings is 2. The number of anilines is 1.